The molecule has 0 aliphatic carbocycles. The summed E-state index contributed by atoms with van der Waals surface area (Å²) in [4.78, 5) is 30.0. The van der Waals surface area contributed by atoms with E-state index >= 15 is 0 Å². The van der Waals surface area contributed by atoms with Crippen LogP contribution in [-0.4, -0.2) is 15.5 Å². The van der Waals surface area contributed by atoms with Gasteiger partial charge in [0.25, 0.3) is 11.5 Å². The second-order valence-electron chi connectivity index (χ2n) is 6.11. The standard InChI is InChI=1S/C21H17N3O3/c25-20(23-13-17-9-5-11-27-17)18-12-16-8-4-10-22-19(16)24(21(18)26)14-15-6-2-1-3-7-15/h1-12H,13-14H2,(H,23,25). The zero-order valence-electron chi connectivity index (χ0n) is 14.5. The topological polar surface area (TPSA) is 77.1 Å². The zero-order valence-corrected chi connectivity index (χ0v) is 14.5. The number of nitrogens with zero attached hydrogens (tertiary/aromatic N) is 2. The Kier molecular flexibility index (Phi) is 4.53. The van der Waals surface area contributed by atoms with Crippen molar-refractivity contribution < 1.29 is 9.21 Å². The molecule has 0 radical (unpaired) electrons. The molecule has 0 bridgehead atoms. The van der Waals surface area contributed by atoms with Crippen LogP contribution >= 0.6 is 0 Å². The molecule has 27 heavy (non-hydrogen) atoms. The molecule has 0 spiro atoms. The Morgan fingerprint density at radius 1 is 1.07 bits per heavy atom. The number of nitrogens with one attached hydrogen (secondary N) is 1. The third-order valence-electron chi connectivity index (χ3n) is 4.28. The Morgan fingerprint density at radius 2 is 1.93 bits per heavy atom. The fourth-order valence-electron chi connectivity index (χ4n) is 2.96. The van der Waals surface area contributed by atoms with Crippen molar-refractivity contribution >= 4 is 16.9 Å². The van der Waals surface area contributed by atoms with Gasteiger partial charge in [-0.3, -0.25) is 14.2 Å². The maximum atomic E-state index is 13.0. The second-order valence-corrected chi connectivity index (χ2v) is 6.11. The first-order valence-electron chi connectivity index (χ1n) is 8.55. The number of aromatic nitrogens is 2. The quantitative estimate of drug-likeness (QED) is 0.594. The molecule has 3 aromatic heterocycles. The number of hydrogen-bond acceptors (Lipinski definition) is 4. The molecular weight excluding hydrogens is 342 g/mol. The molecule has 0 atom stereocenters. The summed E-state index contributed by atoms with van der Waals surface area (Å²) < 4.78 is 6.75. The van der Waals surface area contributed by atoms with Crippen molar-refractivity contribution in [1.29, 1.82) is 0 Å². The lowest BCUT2D eigenvalue weighted by Crippen LogP contribution is -2.33. The van der Waals surface area contributed by atoms with E-state index in [9.17, 15) is 9.59 Å². The van der Waals surface area contributed by atoms with E-state index in [0.717, 1.165) is 10.9 Å². The molecule has 4 aromatic rings. The van der Waals surface area contributed by atoms with Gasteiger partial charge in [0.15, 0.2) is 0 Å². The largest absolute Gasteiger partial charge is 0.467 e. The predicted octanol–water partition coefficient (Wildman–Crippen LogP) is 2.97. The van der Waals surface area contributed by atoms with Crippen molar-refractivity contribution in [1.82, 2.24) is 14.9 Å². The minimum Gasteiger partial charge on any atom is -0.467 e. The summed E-state index contributed by atoms with van der Waals surface area (Å²) in [6.45, 7) is 0.557. The molecule has 0 saturated carbocycles. The van der Waals surface area contributed by atoms with E-state index in [-0.39, 0.29) is 17.7 Å². The van der Waals surface area contributed by atoms with Gasteiger partial charge in [0.2, 0.25) is 0 Å². The summed E-state index contributed by atoms with van der Waals surface area (Å²) in [5, 5.41) is 3.46. The first-order valence-corrected chi connectivity index (χ1v) is 8.55. The number of hydrogen-bond donors (Lipinski definition) is 1. The van der Waals surface area contributed by atoms with Crippen LogP contribution < -0.4 is 10.9 Å². The molecule has 0 aliphatic heterocycles. The van der Waals surface area contributed by atoms with Crippen molar-refractivity contribution in [2.24, 2.45) is 0 Å². The molecular formula is C21H17N3O3. The number of fused-ring (bicyclic) bond motifs is 1. The van der Waals surface area contributed by atoms with E-state index in [0.29, 0.717) is 18.0 Å². The van der Waals surface area contributed by atoms with Gasteiger partial charge in [0, 0.05) is 11.6 Å². The Hall–Kier alpha value is -3.67. The minimum absolute atomic E-state index is 0.0815. The van der Waals surface area contributed by atoms with Crippen molar-refractivity contribution in [3.8, 4) is 0 Å². The van der Waals surface area contributed by atoms with E-state index in [2.05, 4.69) is 10.3 Å². The lowest BCUT2D eigenvalue weighted by molar-refractivity contribution is 0.0946. The van der Waals surface area contributed by atoms with E-state index in [1.807, 2.05) is 36.4 Å². The molecule has 0 saturated heterocycles. The van der Waals surface area contributed by atoms with Crippen molar-refractivity contribution in [2.45, 2.75) is 13.1 Å². The maximum Gasteiger partial charge on any atom is 0.265 e. The van der Waals surface area contributed by atoms with E-state index in [4.69, 9.17) is 4.42 Å². The smallest absolute Gasteiger partial charge is 0.265 e. The first kappa shape index (κ1) is 16.8. The Labute approximate surface area is 155 Å². The highest BCUT2D eigenvalue weighted by molar-refractivity contribution is 5.96. The van der Waals surface area contributed by atoms with Gasteiger partial charge in [-0.2, -0.15) is 0 Å². The monoisotopic (exact) mass is 359 g/mol. The SMILES string of the molecule is O=C(NCc1ccco1)c1cc2cccnc2n(Cc2ccccc2)c1=O. The maximum absolute atomic E-state index is 13.0. The summed E-state index contributed by atoms with van der Waals surface area (Å²) in [5.41, 5.74) is 1.22. The van der Waals surface area contributed by atoms with Crippen LogP contribution in [0.15, 0.2) is 82.3 Å². The number of carbonyl (C=O) groups is 1. The normalized spacial score (nSPS) is 10.8. The molecule has 4 rings (SSSR count). The number of pyridine rings is 2. The van der Waals surface area contributed by atoms with Gasteiger partial charge in [-0.1, -0.05) is 30.3 Å². The number of benzene rings is 1. The molecule has 0 unspecified atom stereocenters. The number of carbonyl (C=O) groups excluding carboxylic acids is 1. The number of furan rings is 1. The van der Waals surface area contributed by atoms with Gasteiger partial charge in [-0.25, -0.2) is 4.98 Å². The zero-order chi connectivity index (χ0) is 18.6. The lowest BCUT2D eigenvalue weighted by atomic mass is 10.1. The fraction of sp³-hybridized carbons (Fsp3) is 0.0952. The third kappa shape index (κ3) is 3.50. The van der Waals surface area contributed by atoms with Gasteiger partial charge in [-0.15, -0.1) is 0 Å². The van der Waals surface area contributed by atoms with Crippen LogP contribution in [0.5, 0.6) is 0 Å². The van der Waals surface area contributed by atoms with E-state index < -0.39 is 5.91 Å². The van der Waals surface area contributed by atoms with Gasteiger partial charge in [0.1, 0.15) is 17.0 Å². The van der Waals surface area contributed by atoms with Gasteiger partial charge in [-0.05, 0) is 35.9 Å². The fourth-order valence-corrected chi connectivity index (χ4v) is 2.96. The highest BCUT2D eigenvalue weighted by Gasteiger charge is 2.16. The van der Waals surface area contributed by atoms with E-state index in [1.165, 1.54) is 10.8 Å². The molecule has 3 heterocycles. The lowest BCUT2D eigenvalue weighted by Gasteiger charge is -2.12. The highest BCUT2D eigenvalue weighted by atomic mass is 16.3. The van der Waals surface area contributed by atoms with Crippen molar-refractivity contribution in [3.05, 3.63) is 100 Å². The highest BCUT2D eigenvalue weighted by Crippen LogP contribution is 2.13. The third-order valence-corrected chi connectivity index (χ3v) is 4.28. The van der Waals surface area contributed by atoms with Gasteiger partial charge < -0.3 is 9.73 Å². The van der Waals surface area contributed by atoms with Gasteiger partial charge in [0.05, 0.1) is 19.4 Å². The predicted molar refractivity (Wildman–Crippen MR) is 101 cm³/mol. The average Bonchev–Trinajstić information content (AvgIpc) is 3.22. The molecule has 0 aliphatic rings. The molecule has 1 aromatic carbocycles. The van der Waals surface area contributed by atoms with Crippen LogP contribution in [-0.2, 0) is 13.1 Å². The Bertz CT molecular complexity index is 1130. The first-order chi connectivity index (χ1) is 13.2. The van der Waals surface area contributed by atoms with Crippen molar-refractivity contribution in [2.75, 3.05) is 0 Å². The second kappa shape index (κ2) is 7.29. The van der Waals surface area contributed by atoms with Crippen LogP contribution in [0.4, 0.5) is 0 Å². The van der Waals surface area contributed by atoms with E-state index in [1.54, 1.807) is 30.5 Å². The molecule has 1 N–H and O–H groups in total. The molecule has 134 valence electrons. The van der Waals surface area contributed by atoms with Crippen LogP contribution in [0.1, 0.15) is 21.7 Å². The summed E-state index contributed by atoms with van der Waals surface area (Å²) >= 11 is 0. The Morgan fingerprint density at radius 3 is 2.70 bits per heavy atom. The number of amides is 1. The Balaban J connectivity index is 1.73. The minimum atomic E-state index is -0.441. The molecule has 1 amide bonds. The summed E-state index contributed by atoms with van der Waals surface area (Å²) in [6, 6.07) is 18.3. The molecule has 0 fully saturated rings. The van der Waals surface area contributed by atoms with Crippen LogP contribution in [0.2, 0.25) is 0 Å². The van der Waals surface area contributed by atoms with Crippen molar-refractivity contribution in [3.63, 3.8) is 0 Å². The number of rotatable bonds is 5. The summed E-state index contributed by atoms with van der Waals surface area (Å²) in [7, 11) is 0. The molecule has 6 heteroatoms. The van der Waals surface area contributed by atoms with Crippen LogP contribution in [0.3, 0.4) is 0 Å². The van der Waals surface area contributed by atoms with Crippen LogP contribution in [0.25, 0.3) is 11.0 Å². The van der Waals surface area contributed by atoms with Crippen LogP contribution in [0, 0.1) is 0 Å². The average molecular weight is 359 g/mol. The molecule has 6 nitrogen and oxygen atoms in total. The summed E-state index contributed by atoms with van der Waals surface area (Å²) in [6.07, 6.45) is 3.18. The summed E-state index contributed by atoms with van der Waals surface area (Å²) in [5.74, 6) is 0.180. The van der Waals surface area contributed by atoms with Gasteiger partial charge >= 0.3 is 0 Å².